The van der Waals surface area contributed by atoms with Crippen molar-refractivity contribution >= 4 is 5.69 Å². The van der Waals surface area contributed by atoms with E-state index >= 15 is 0 Å². The Hall–Kier alpha value is -1.02. The van der Waals surface area contributed by atoms with Crippen LogP contribution in [0.15, 0.2) is 18.2 Å². The smallest absolute Gasteiger partial charge is 0.0412 e. The summed E-state index contributed by atoms with van der Waals surface area (Å²) >= 11 is 0. The van der Waals surface area contributed by atoms with Gasteiger partial charge in [-0.05, 0) is 36.0 Å². The van der Waals surface area contributed by atoms with Crippen LogP contribution in [0.2, 0.25) is 0 Å². The zero-order chi connectivity index (χ0) is 11.7. The van der Waals surface area contributed by atoms with E-state index in [9.17, 15) is 0 Å². The maximum Gasteiger partial charge on any atom is 0.0412 e. The van der Waals surface area contributed by atoms with Crippen LogP contribution in [0.1, 0.15) is 37.3 Å². The van der Waals surface area contributed by atoms with Crippen LogP contribution in [0.5, 0.6) is 0 Å². The largest absolute Gasteiger partial charge is 0.370 e. The Morgan fingerprint density at radius 2 is 2.19 bits per heavy atom. The number of fused-ring (bicyclic) bond motifs is 1. The standard InChI is InChI=1S/C14H22N2/c1-10(2)11-5-7-14-12(8-11)4-6-13(9-15)16(14)3/h5,7-8,10,13H,4,6,9,15H2,1-3H3. The molecule has 1 heterocycles. The van der Waals surface area contributed by atoms with Crippen LogP contribution in [-0.2, 0) is 6.42 Å². The van der Waals surface area contributed by atoms with Gasteiger partial charge in [-0.15, -0.1) is 0 Å². The normalized spacial score (nSPS) is 20.1. The molecule has 2 N–H and O–H groups in total. The summed E-state index contributed by atoms with van der Waals surface area (Å²) in [6.45, 7) is 5.25. The van der Waals surface area contributed by atoms with Crippen LogP contribution < -0.4 is 10.6 Å². The molecule has 0 radical (unpaired) electrons. The Morgan fingerprint density at radius 1 is 1.44 bits per heavy atom. The molecule has 0 spiro atoms. The Labute approximate surface area is 98.4 Å². The topological polar surface area (TPSA) is 29.3 Å². The highest BCUT2D eigenvalue weighted by Crippen LogP contribution is 2.31. The molecule has 0 aliphatic carbocycles. The first-order valence-corrected chi connectivity index (χ1v) is 6.19. The van der Waals surface area contributed by atoms with Crippen molar-refractivity contribution in [2.45, 2.75) is 38.6 Å². The SMILES string of the molecule is CC(C)c1ccc2c(c1)CCC(CN)N2C. The van der Waals surface area contributed by atoms with Crippen LogP contribution in [0.25, 0.3) is 0 Å². The predicted octanol–water partition coefficient (Wildman–Crippen LogP) is 2.52. The zero-order valence-corrected chi connectivity index (χ0v) is 10.5. The minimum absolute atomic E-state index is 0.511. The third-order valence-electron chi connectivity index (χ3n) is 3.72. The highest BCUT2D eigenvalue weighted by atomic mass is 15.1. The van der Waals surface area contributed by atoms with Gasteiger partial charge in [-0.25, -0.2) is 0 Å². The van der Waals surface area contributed by atoms with E-state index in [-0.39, 0.29) is 0 Å². The molecule has 0 amide bonds. The van der Waals surface area contributed by atoms with Crippen LogP contribution >= 0.6 is 0 Å². The van der Waals surface area contributed by atoms with Crippen molar-refractivity contribution in [1.82, 2.24) is 0 Å². The van der Waals surface area contributed by atoms with E-state index < -0.39 is 0 Å². The summed E-state index contributed by atoms with van der Waals surface area (Å²) in [6, 6.07) is 7.38. The molecule has 2 heteroatoms. The van der Waals surface area contributed by atoms with Crippen LogP contribution in [0, 0.1) is 0 Å². The Balaban J connectivity index is 2.33. The van der Waals surface area contributed by atoms with E-state index in [1.54, 1.807) is 0 Å². The summed E-state index contributed by atoms with van der Waals surface area (Å²) in [4.78, 5) is 2.34. The van der Waals surface area contributed by atoms with Crippen molar-refractivity contribution in [2.75, 3.05) is 18.5 Å². The van der Waals surface area contributed by atoms with Crippen molar-refractivity contribution in [2.24, 2.45) is 5.73 Å². The molecule has 1 aromatic carbocycles. The molecule has 1 aliphatic heterocycles. The Morgan fingerprint density at radius 3 is 2.81 bits per heavy atom. The van der Waals surface area contributed by atoms with Crippen molar-refractivity contribution in [3.8, 4) is 0 Å². The number of rotatable bonds is 2. The number of aryl methyl sites for hydroxylation is 1. The molecule has 1 aromatic rings. The summed E-state index contributed by atoms with van der Waals surface area (Å²) < 4.78 is 0. The lowest BCUT2D eigenvalue weighted by molar-refractivity contribution is 0.564. The van der Waals surface area contributed by atoms with Crippen molar-refractivity contribution < 1.29 is 0 Å². The van der Waals surface area contributed by atoms with E-state index in [2.05, 4.69) is 44.0 Å². The summed E-state index contributed by atoms with van der Waals surface area (Å²) in [5.74, 6) is 0.614. The number of likely N-dealkylation sites (N-methyl/N-ethyl adjacent to an activating group) is 1. The van der Waals surface area contributed by atoms with Gasteiger partial charge >= 0.3 is 0 Å². The fourth-order valence-corrected chi connectivity index (χ4v) is 2.50. The molecular weight excluding hydrogens is 196 g/mol. The first-order valence-electron chi connectivity index (χ1n) is 6.19. The molecule has 0 bridgehead atoms. The molecule has 2 nitrogen and oxygen atoms in total. The second kappa shape index (κ2) is 4.46. The molecule has 0 fully saturated rings. The number of benzene rings is 1. The molecule has 1 aliphatic rings. The summed E-state index contributed by atoms with van der Waals surface area (Å²) in [6.07, 6.45) is 2.35. The second-order valence-electron chi connectivity index (χ2n) is 5.08. The second-order valence-corrected chi connectivity index (χ2v) is 5.08. The monoisotopic (exact) mass is 218 g/mol. The van der Waals surface area contributed by atoms with Gasteiger partial charge in [0.25, 0.3) is 0 Å². The third-order valence-corrected chi connectivity index (χ3v) is 3.72. The van der Waals surface area contributed by atoms with Gasteiger partial charge in [-0.1, -0.05) is 26.0 Å². The first-order chi connectivity index (χ1) is 7.63. The number of anilines is 1. The highest BCUT2D eigenvalue weighted by molar-refractivity contribution is 5.57. The van der Waals surface area contributed by atoms with Crippen molar-refractivity contribution in [3.05, 3.63) is 29.3 Å². The van der Waals surface area contributed by atoms with Crippen LogP contribution in [0.3, 0.4) is 0 Å². The number of nitrogens with zero attached hydrogens (tertiary/aromatic N) is 1. The van der Waals surface area contributed by atoms with Gasteiger partial charge in [0.2, 0.25) is 0 Å². The van der Waals surface area contributed by atoms with E-state index in [0.717, 1.165) is 6.54 Å². The molecule has 16 heavy (non-hydrogen) atoms. The van der Waals surface area contributed by atoms with Gasteiger partial charge in [0.15, 0.2) is 0 Å². The number of hydrogen-bond donors (Lipinski definition) is 1. The average Bonchev–Trinajstić information content (AvgIpc) is 2.29. The number of hydrogen-bond acceptors (Lipinski definition) is 2. The maximum atomic E-state index is 5.79. The lowest BCUT2D eigenvalue weighted by Crippen LogP contribution is -2.41. The fourth-order valence-electron chi connectivity index (χ4n) is 2.50. The lowest BCUT2D eigenvalue weighted by atomic mass is 9.92. The Bertz CT molecular complexity index is 371. The predicted molar refractivity (Wildman–Crippen MR) is 70.1 cm³/mol. The van der Waals surface area contributed by atoms with Crippen molar-refractivity contribution in [3.63, 3.8) is 0 Å². The van der Waals surface area contributed by atoms with E-state index in [0.29, 0.717) is 12.0 Å². The molecule has 88 valence electrons. The fraction of sp³-hybridized carbons (Fsp3) is 0.571. The molecule has 0 aromatic heterocycles. The van der Waals surface area contributed by atoms with Crippen LogP contribution in [0.4, 0.5) is 5.69 Å². The van der Waals surface area contributed by atoms with Crippen LogP contribution in [-0.4, -0.2) is 19.6 Å². The van der Waals surface area contributed by atoms with Gasteiger partial charge in [0.1, 0.15) is 0 Å². The minimum atomic E-state index is 0.511. The van der Waals surface area contributed by atoms with Crippen molar-refractivity contribution in [1.29, 1.82) is 0 Å². The van der Waals surface area contributed by atoms with Gasteiger partial charge in [0, 0.05) is 25.3 Å². The Kier molecular flexibility index (Phi) is 3.20. The zero-order valence-electron chi connectivity index (χ0n) is 10.5. The van der Waals surface area contributed by atoms with Gasteiger partial charge in [-0.3, -0.25) is 0 Å². The van der Waals surface area contributed by atoms with E-state index in [4.69, 9.17) is 5.73 Å². The third kappa shape index (κ3) is 1.94. The summed E-state index contributed by atoms with van der Waals surface area (Å²) in [7, 11) is 2.16. The minimum Gasteiger partial charge on any atom is -0.370 e. The molecule has 1 unspecified atom stereocenters. The molecule has 0 saturated heterocycles. The first kappa shape index (κ1) is 11.5. The highest BCUT2D eigenvalue weighted by Gasteiger charge is 2.22. The lowest BCUT2D eigenvalue weighted by Gasteiger charge is -2.35. The van der Waals surface area contributed by atoms with E-state index in [1.807, 2.05) is 0 Å². The quantitative estimate of drug-likeness (QED) is 0.826. The molecular formula is C14H22N2. The molecule has 2 rings (SSSR count). The maximum absolute atomic E-state index is 5.79. The molecule has 1 atom stereocenters. The average molecular weight is 218 g/mol. The number of nitrogens with two attached hydrogens (primary N) is 1. The molecule has 0 saturated carbocycles. The van der Waals surface area contributed by atoms with E-state index in [1.165, 1.54) is 29.7 Å². The summed E-state index contributed by atoms with van der Waals surface area (Å²) in [5, 5.41) is 0. The summed E-state index contributed by atoms with van der Waals surface area (Å²) in [5.41, 5.74) is 10.1. The van der Waals surface area contributed by atoms with Gasteiger partial charge in [-0.2, -0.15) is 0 Å². The van der Waals surface area contributed by atoms with Gasteiger partial charge < -0.3 is 10.6 Å². The van der Waals surface area contributed by atoms with Gasteiger partial charge in [0.05, 0.1) is 0 Å².